The van der Waals surface area contributed by atoms with Crippen molar-refractivity contribution >= 4 is 11.8 Å². The number of hydrogen-bond acceptors (Lipinski definition) is 2. The van der Waals surface area contributed by atoms with Crippen LogP contribution in [0.25, 0.3) is 0 Å². The van der Waals surface area contributed by atoms with Crippen LogP contribution < -0.4 is 5.73 Å². The fourth-order valence-electron chi connectivity index (χ4n) is 1.86. The van der Waals surface area contributed by atoms with E-state index in [1.54, 1.807) is 4.90 Å². The van der Waals surface area contributed by atoms with Crippen molar-refractivity contribution in [2.75, 3.05) is 0 Å². The molecule has 1 rings (SSSR count). The van der Waals surface area contributed by atoms with Crippen LogP contribution in [0.1, 0.15) is 33.1 Å². The number of primary amides is 1. The smallest absolute Gasteiger partial charge is 0.240 e. The zero-order chi connectivity index (χ0) is 10.0. The first kappa shape index (κ1) is 10.0. The number of hydrogen-bond donors (Lipinski definition) is 1. The fraction of sp³-hybridized carbons (Fsp3) is 0.778. The van der Waals surface area contributed by atoms with Crippen LogP contribution in [-0.4, -0.2) is 28.8 Å². The lowest BCUT2D eigenvalue weighted by Gasteiger charge is -2.28. The third-order valence-corrected chi connectivity index (χ3v) is 2.59. The summed E-state index contributed by atoms with van der Waals surface area (Å²) in [6.45, 7) is 3.82. The van der Waals surface area contributed by atoms with Crippen LogP contribution >= 0.6 is 0 Å². The van der Waals surface area contributed by atoms with Crippen molar-refractivity contribution in [1.82, 2.24) is 4.90 Å². The SMILES string of the molecule is CC[C@@H](C(N)=O)N1C(=O)CC[C@@H]1C. The maximum Gasteiger partial charge on any atom is 0.240 e. The van der Waals surface area contributed by atoms with E-state index >= 15 is 0 Å². The standard InChI is InChI=1S/C9H16N2O2/c1-3-7(9(10)13)11-6(2)4-5-8(11)12/h6-7H,3-5H2,1-2H3,(H2,10,13)/t6-,7-/m0/s1. The van der Waals surface area contributed by atoms with Crippen LogP contribution in [0.15, 0.2) is 0 Å². The molecule has 0 spiro atoms. The summed E-state index contributed by atoms with van der Waals surface area (Å²) in [5, 5.41) is 0. The van der Waals surface area contributed by atoms with Gasteiger partial charge in [0.05, 0.1) is 0 Å². The Morgan fingerprint density at radius 1 is 1.77 bits per heavy atom. The predicted octanol–water partition coefficient (Wildman–Crippen LogP) is 0.261. The minimum atomic E-state index is -0.412. The summed E-state index contributed by atoms with van der Waals surface area (Å²) in [6, 6.07) is -0.255. The highest BCUT2D eigenvalue weighted by Crippen LogP contribution is 2.22. The second-order valence-electron chi connectivity index (χ2n) is 3.52. The average Bonchev–Trinajstić information content (AvgIpc) is 2.36. The van der Waals surface area contributed by atoms with Gasteiger partial charge < -0.3 is 10.6 Å². The molecule has 13 heavy (non-hydrogen) atoms. The molecule has 1 aliphatic rings. The van der Waals surface area contributed by atoms with Gasteiger partial charge in [-0.25, -0.2) is 0 Å². The molecular weight excluding hydrogens is 168 g/mol. The van der Waals surface area contributed by atoms with Gasteiger partial charge in [0.2, 0.25) is 11.8 Å². The van der Waals surface area contributed by atoms with Gasteiger partial charge in [0.1, 0.15) is 6.04 Å². The van der Waals surface area contributed by atoms with E-state index in [0.717, 1.165) is 6.42 Å². The van der Waals surface area contributed by atoms with E-state index in [1.807, 2.05) is 13.8 Å². The molecule has 0 unspecified atom stereocenters. The molecule has 0 aromatic carbocycles. The number of nitrogens with zero attached hydrogens (tertiary/aromatic N) is 1. The number of carbonyl (C=O) groups is 2. The van der Waals surface area contributed by atoms with E-state index in [4.69, 9.17) is 5.73 Å². The van der Waals surface area contributed by atoms with Gasteiger partial charge in [0, 0.05) is 12.5 Å². The molecule has 2 N–H and O–H groups in total. The van der Waals surface area contributed by atoms with Crippen LogP contribution in [-0.2, 0) is 9.59 Å². The summed E-state index contributed by atoms with van der Waals surface area (Å²) in [6.07, 6.45) is 1.99. The van der Waals surface area contributed by atoms with Crippen LogP contribution in [0.3, 0.4) is 0 Å². The molecule has 0 aromatic rings. The molecule has 74 valence electrons. The first-order valence-electron chi connectivity index (χ1n) is 4.68. The minimum absolute atomic E-state index is 0.0538. The van der Waals surface area contributed by atoms with Crippen molar-refractivity contribution in [3.63, 3.8) is 0 Å². The Labute approximate surface area is 78.1 Å². The van der Waals surface area contributed by atoms with E-state index in [1.165, 1.54) is 0 Å². The largest absolute Gasteiger partial charge is 0.368 e. The lowest BCUT2D eigenvalue weighted by atomic mass is 10.1. The Morgan fingerprint density at radius 2 is 2.38 bits per heavy atom. The Balaban J connectivity index is 2.77. The average molecular weight is 184 g/mol. The van der Waals surface area contributed by atoms with Crippen molar-refractivity contribution in [3.8, 4) is 0 Å². The molecule has 2 atom stereocenters. The van der Waals surface area contributed by atoms with Crippen LogP contribution in [0.5, 0.6) is 0 Å². The third-order valence-electron chi connectivity index (χ3n) is 2.59. The number of amides is 2. The first-order chi connectivity index (χ1) is 6.07. The lowest BCUT2D eigenvalue weighted by Crippen LogP contribution is -2.47. The molecule has 1 aliphatic heterocycles. The molecule has 1 saturated heterocycles. The Hall–Kier alpha value is -1.06. The Morgan fingerprint density at radius 3 is 2.69 bits per heavy atom. The molecule has 0 saturated carbocycles. The molecule has 0 aliphatic carbocycles. The van der Waals surface area contributed by atoms with Crippen LogP contribution in [0, 0.1) is 0 Å². The zero-order valence-electron chi connectivity index (χ0n) is 8.12. The predicted molar refractivity (Wildman–Crippen MR) is 48.8 cm³/mol. The molecular formula is C9H16N2O2. The maximum atomic E-state index is 11.4. The molecule has 4 nitrogen and oxygen atoms in total. The van der Waals surface area contributed by atoms with Gasteiger partial charge in [-0.1, -0.05) is 6.92 Å². The molecule has 0 aromatic heterocycles. The van der Waals surface area contributed by atoms with Gasteiger partial charge in [0.25, 0.3) is 0 Å². The molecule has 1 fully saturated rings. The monoisotopic (exact) mass is 184 g/mol. The summed E-state index contributed by atoms with van der Waals surface area (Å²) < 4.78 is 0. The highest BCUT2D eigenvalue weighted by atomic mass is 16.2. The topological polar surface area (TPSA) is 63.4 Å². The van der Waals surface area contributed by atoms with Gasteiger partial charge in [-0.15, -0.1) is 0 Å². The molecule has 0 bridgehead atoms. The number of nitrogens with two attached hydrogens (primary N) is 1. The highest BCUT2D eigenvalue weighted by molar-refractivity contribution is 5.87. The van der Waals surface area contributed by atoms with Crippen molar-refractivity contribution in [1.29, 1.82) is 0 Å². The molecule has 4 heteroatoms. The van der Waals surface area contributed by atoms with E-state index in [-0.39, 0.29) is 11.9 Å². The van der Waals surface area contributed by atoms with Crippen LogP contribution in [0.4, 0.5) is 0 Å². The van der Waals surface area contributed by atoms with Crippen LogP contribution in [0.2, 0.25) is 0 Å². The van der Waals surface area contributed by atoms with Crippen molar-refractivity contribution in [3.05, 3.63) is 0 Å². The van der Waals surface area contributed by atoms with E-state index in [2.05, 4.69) is 0 Å². The van der Waals surface area contributed by atoms with Crippen molar-refractivity contribution in [2.24, 2.45) is 5.73 Å². The second-order valence-corrected chi connectivity index (χ2v) is 3.52. The van der Waals surface area contributed by atoms with Gasteiger partial charge in [-0.05, 0) is 19.8 Å². The van der Waals surface area contributed by atoms with E-state index < -0.39 is 11.9 Å². The van der Waals surface area contributed by atoms with Gasteiger partial charge in [-0.3, -0.25) is 9.59 Å². The molecule has 1 heterocycles. The first-order valence-corrected chi connectivity index (χ1v) is 4.68. The Bertz CT molecular complexity index is 228. The third kappa shape index (κ3) is 1.82. The normalized spacial score (nSPS) is 24.9. The second kappa shape index (κ2) is 3.77. The summed E-state index contributed by atoms with van der Waals surface area (Å²) in [5.41, 5.74) is 5.22. The molecule has 2 amide bonds. The summed E-state index contributed by atoms with van der Waals surface area (Å²) in [7, 11) is 0. The Kier molecular flexibility index (Phi) is 2.90. The van der Waals surface area contributed by atoms with Crippen molar-refractivity contribution in [2.45, 2.75) is 45.2 Å². The van der Waals surface area contributed by atoms with Gasteiger partial charge in [-0.2, -0.15) is 0 Å². The minimum Gasteiger partial charge on any atom is -0.368 e. The van der Waals surface area contributed by atoms with E-state index in [0.29, 0.717) is 12.8 Å². The summed E-state index contributed by atoms with van der Waals surface area (Å²) in [5.74, 6) is -0.345. The summed E-state index contributed by atoms with van der Waals surface area (Å²) in [4.78, 5) is 24.1. The highest BCUT2D eigenvalue weighted by Gasteiger charge is 2.35. The van der Waals surface area contributed by atoms with Gasteiger partial charge >= 0.3 is 0 Å². The van der Waals surface area contributed by atoms with Gasteiger partial charge in [0.15, 0.2) is 0 Å². The number of rotatable bonds is 3. The summed E-state index contributed by atoms with van der Waals surface area (Å²) >= 11 is 0. The lowest BCUT2D eigenvalue weighted by molar-refractivity contribution is -0.137. The maximum absolute atomic E-state index is 11.4. The number of carbonyl (C=O) groups excluding carboxylic acids is 2. The zero-order valence-corrected chi connectivity index (χ0v) is 8.12. The quantitative estimate of drug-likeness (QED) is 0.684. The van der Waals surface area contributed by atoms with E-state index in [9.17, 15) is 9.59 Å². The molecule has 0 radical (unpaired) electrons. The fourth-order valence-corrected chi connectivity index (χ4v) is 1.86. The number of likely N-dealkylation sites (tertiary alicyclic amines) is 1. The van der Waals surface area contributed by atoms with Crippen molar-refractivity contribution < 1.29 is 9.59 Å².